The lowest BCUT2D eigenvalue weighted by molar-refractivity contribution is -0.125. The van der Waals surface area contributed by atoms with Crippen molar-refractivity contribution in [3.05, 3.63) is 96.0 Å². The molecule has 0 bridgehead atoms. The molecule has 0 fully saturated rings. The molecule has 0 saturated carbocycles. The van der Waals surface area contributed by atoms with Crippen LogP contribution in [-0.4, -0.2) is 25.8 Å². The number of nitrogens with zero attached hydrogens (tertiary/aromatic N) is 3. The molecule has 0 unspecified atom stereocenters. The second kappa shape index (κ2) is 7.60. The Bertz CT molecular complexity index is 1340. The summed E-state index contributed by atoms with van der Waals surface area (Å²) in [6, 6.07) is 16.0. The van der Waals surface area contributed by atoms with E-state index < -0.39 is 11.5 Å². The van der Waals surface area contributed by atoms with E-state index in [0.717, 1.165) is 11.1 Å². The van der Waals surface area contributed by atoms with Crippen molar-refractivity contribution in [2.24, 2.45) is 0 Å². The summed E-state index contributed by atoms with van der Waals surface area (Å²) in [5.74, 6) is 0.551. The molecular formula is C25H20FN3O3. The number of hydrogen-bond donors (Lipinski definition) is 0. The van der Waals surface area contributed by atoms with Crippen LogP contribution in [0.2, 0.25) is 0 Å². The fourth-order valence-corrected chi connectivity index (χ4v) is 3.70. The molecule has 0 radical (unpaired) electrons. The zero-order valence-corrected chi connectivity index (χ0v) is 17.6. The van der Waals surface area contributed by atoms with Crippen molar-refractivity contribution in [3.8, 4) is 5.75 Å². The summed E-state index contributed by atoms with van der Waals surface area (Å²) in [4.78, 5) is 21.3. The maximum absolute atomic E-state index is 14.5. The van der Waals surface area contributed by atoms with Crippen LogP contribution in [0, 0.1) is 5.95 Å². The molecule has 160 valence electrons. The van der Waals surface area contributed by atoms with Gasteiger partial charge in [0, 0.05) is 24.2 Å². The molecular weight excluding hydrogens is 409 g/mol. The lowest BCUT2D eigenvalue weighted by Crippen LogP contribution is -2.29. The topological polar surface area (TPSA) is 65.7 Å². The first kappa shape index (κ1) is 19.9. The molecule has 32 heavy (non-hydrogen) atoms. The normalized spacial score (nSPS) is 15.3. The molecule has 7 heteroatoms. The van der Waals surface area contributed by atoms with E-state index in [9.17, 15) is 9.18 Å². The highest BCUT2D eigenvalue weighted by Gasteiger charge is 2.42. The van der Waals surface area contributed by atoms with Gasteiger partial charge >= 0.3 is 0 Å². The highest BCUT2D eigenvalue weighted by molar-refractivity contribution is 6.32. The minimum Gasteiger partial charge on any atom is -0.487 e. The summed E-state index contributed by atoms with van der Waals surface area (Å²) >= 11 is 0. The maximum Gasteiger partial charge on any atom is 0.224 e. The third-order valence-corrected chi connectivity index (χ3v) is 5.36. The molecule has 1 aliphatic rings. The summed E-state index contributed by atoms with van der Waals surface area (Å²) in [5.41, 5.74) is 1.84. The number of carbonyl (C=O) groups is 1. The predicted molar refractivity (Wildman–Crippen MR) is 117 cm³/mol. The number of hydrogen-bond acceptors (Lipinski definition) is 5. The lowest BCUT2D eigenvalue weighted by Gasteiger charge is -2.18. The van der Waals surface area contributed by atoms with Gasteiger partial charge in [0.15, 0.2) is 5.60 Å². The SMILES string of the molecule is CC1(C)OC(c2ccc(OCc3nc4ccccn4c3F)cc2)=C(c2ccncc2)C1=O. The zero-order valence-electron chi connectivity index (χ0n) is 17.6. The Morgan fingerprint density at radius 2 is 1.78 bits per heavy atom. The fourth-order valence-electron chi connectivity index (χ4n) is 3.70. The highest BCUT2D eigenvalue weighted by atomic mass is 19.1. The first-order valence-electron chi connectivity index (χ1n) is 10.2. The largest absolute Gasteiger partial charge is 0.487 e. The van der Waals surface area contributed by atoms with Gasteiger partial charge in [-0.25, -0.2) is 4.98 Å². The molecule has 3 aromatic heterocycles. The van der Waals surface area contributed by atoms with E-state index >= 15 is 0 Å². The van der Waals surface area contributed by atoms with E-state index in [1.54, 1.807) is 74.9 Å². The lowest BCUT2D eigenvalue weighted by atomic mass is 9.93. The number of rotatable bonds is 5. The van der Waals surface area contributed by atoms with Gasteiger partial charge < -0.3 is 9.47 Å². The molecule has 1 aromatic carbocycles. The number of ketones is 1. The Balaban J connectivity index is 1.40. The Morgan fingerprint density at radius 3 is 2.50 bits per heavy atom. The first-order valence-corrected chi connectivity index (χ1v) is 10.2. The Morgan fingerprint density at radius 1 is 1.03 bits per heavy atom. The Hall–Kier alpha value is -4.00. The Labute approximate surface area is 184 Å². The van der Waals surface area contributed by atoms with Crippen molar-refractivity contribution in [2.75, 3.05) is 0 Å². The van der Waals surface area contributed by atoms with Crippen molar-refractivity contribution >= 4 is 22.8 Å². The van der Waals surface area contributed by atoms with Gasteiger partial charge in [0.25, 0.3) is 0 Å². The van der Waals surface area contributed by atoms with Crippen molar-refractivity contribution in [1.82, 2.24) is 14.4 Å². The van der Waals surface area contributed by atoms with E-state index in [1.807, 2.05) is 12.1 Å². The van der Waals surface area contributed by atoms with Crippen LogP contribution in [0.15, 0.2) is 73.2 Å². The van der Waals surface area contributed by atoms with Gasteiger partial charge in [-0.15, -0.1) is 0 Å². The van der Waals surface area contributed by atoms with Crippen LogP contribution in [0.1, 0.15) is 30.7 Å². The van der Waals surface area contributed by atoms with Crippen LogP contribution in [-0.2, 0) is 16.1 Å². The molecule has 4 heterocycles. The van der Waals surface area contributed by atoms with Gasteiger partial charge in [0.05, 0.1) is 5.57 Å². The predicted octanol–water partition coefficient (Wildman–Crippen LogP) is 4.69. The van der Waals surface area contributed by atoms with Crippen LogP contribution in [0.5, 0.6) is 5.75 Å². The number of fused-ring (bicyclic) bond motifs is 1. The summed E-state index contributed by atoms with van der Waals surface area (Å²) in [7, 11) is 0. The van der Waals surface area contributed by atoms with Crippen molar-refractivity contribution in [3.63, 3.8) is 0 Å². The molecule has 0 aliphatic carbocycles. The maximum atomic E-state index is 14.5. The Kier molecular flexibility index (Phi) is 4.74. The molecule has 1 aliphatic heterocycles. The van der Waals surface area contributed by atoms with Crippen molar-refractivity contribution < 1.29 is 18.7 Å². The number of ether oxygens (including phenoxy) is 2. The smallest absolute Gasteiger partial charge is 0.224 e. The van der Waals surface area contributed by atoms with Crippen LogP contribution >= 0.6 is 0 Å². The molecule has 0 atom stereocenters. The molecule has 0 spiro atoms. The van der Waals surface area contributed by atoms with Crippen LogP contribution in [0.3, 0.4) is 0 Å². The average Bonchev–Trinajstić information content (AvgIpc) is 3.26. The molecule has 4 aromatic rings. The zero-order chi connectivity index (χ0) is 22.3. The van der Waals surface area contributed by atoms with Gasteiger partial charge in [0.2, 0.25) is 11.7 Å². The standard InChI is InChI=1S/C25H20FN3O3/c1-25(2)23(30)21(16-10-12-27-13-11-16)22(32-25)17-6-8-18(9-7-17)31-15-19-24(26)29-14-4-3-5-20(29)28-19/h3-14H,15H2,1-2H3. The number of halogens is 1. The number of pyridine rings is 2. The fraction of sp³-hybridized carbons (Fsp3) is 0.160. The second-order valence-electron chi connectivity index (χ2n) is 7.97. The number of imidazole rings is 1. The summed E-state index contributed by atoms with van der Waals surface area (Å²) < 4.78 is 27.6. The highest BCUT2D eigenvalue weighted by Crippen LogP contribution is 2.41. The summed E-state index contributed by atoms with van der Waals surface area (Å²) in [6.45, 7) is 3.51. The quantitative estimate of drug-likeness (QED) is 0.460. The van der Waals surface area contributed by atoms with Gasteiger partial charge in [-0.2, -0.15) is 4.39 Å². The summed E-state index contributed by atoms with van der Waals surface area (Å²) in [6.07, 6.45) is 4.91. The van der Waals surface area contributed by atoms with E-state index in [-0.39, 0.29) is 18.1 Å². The molecule has 6 nitrogen and oxygen atoms in total. The van der Waals surface area contributed by atoms with E-state index in [4.69, 9.17) is 9.47 Å². The number of aromatic nitrogens is 3. The van der Waals surface area contributed by atoms with Gasteiger partial charge in [0.1, 0.15) is 29.5 Å². The third kappa shape index (κ3) is 3.41. The number of Topliss-reactive ketones (excluding diaryl/α,β-unsaturated/α-hetero) is 1. The molecule has 0 saturated heterocycles. The van der Waals surface area contributed by atoms with Crippen molar-refractivity contribution in [2.45, 2.75) is 26.1 Å². The van der Waals surface area contributed by atoms with Gasteiger partial charge in [-0.05, 0) is 67.9 Å². The number of carbonyl (C=O) groups excluding carboxylic acids is 1. The van der Waals surface area contributed by atoms with Crippen LogP contribution in [0.4, 0.5) is 4.39 Å². The minimum atomic E-state index is -0.955. The second-order valence-corrected chi connectivity index (χ2v) is 7.97. The molecule has 5 rings (SSSR count). The van der Waals surface area contributed by atoms with Crippen LogP contribution < -0.4 is 4.74 Å². The third-order valence-electron chi connectivity index (χ3n) is 5.36. The van der Waals surface area contributed by atoms with Gasteiger partial charge in [-0.1, -0.05) is 6.07 Å². The number of benzene rings is 1. The van der Waals surface area contributed by atoms with Crippen molar-refractivity contribution in [1.29, 1.82) is 0 Å². The average molecular weight is 429 g/mol. The molecule has 0 N–H and O–H groups in total. The summed E-state index contributed by atoms with van der Waals surface area (Å²) in [5, 5.41) is 0. The minimum absolute atomic E-state index is 0.000160. The monoisotopic (exact) mass is 429 g/mol. The van der Waals surface area contributed by atoms with E-state index in [0.29, 0.717) is 22.7 Å². The van der Waals surface area contributed by atoms with E-state index in [1.165, 1.54) is 4.40 Å². The first-order chi connectivity index (χ1) is 15.4. The van der Waals surface area contributed by atoms with E-state index in [2.05, 4.69) is 9.97 Å². The molecule has 0 amide bonds. The van der Waals surface area contributed by atoms with Gasteiger partial charge in [-0.3, -0.25) is 14.2 Å². The van der Waals surface area contributed by atoms with Crippen LogP contribution in [0.25, 0.3) is 17.0 Å².